The van der Waals surface area contributed by atoms with E-state index in [4.69, 9.17) is 52.6 Å². The maximum Gasteiger partial charge on any atom is 0.494 e. The number of aliphatic hydroxyl groups is 1. The third-order valence-corrected chi connectivity index (χ3v) is 14.2. The van der Waals surface area contributed by atoms with Crippen LogP contribution in [0.3, 0.4) is 0 Å². The van der Waals surface area contributed by atoms with Crippen LogP contribution in [0.25, 0.3) is 33.2 Å². The molecule has 0 aliphatic rings. The molecule has 6 heterocycles. The van der Waals surface area contributed by atoms with Crippen LogP contribution in [-0.4, -0.2) is 88.3 Å². The molecule has 3 N–H and O–H groups in total. The summed E-state index contributed by atoms with van der Waals surface area (Å²) in [5.41, 5.74) is 4.22. The van der Waals surface area contributed by atoms with E-state index in [0.717, 1.165) is 18.7 Å². The van der Waals surface area contributed by atoms with E-state index in [9.17, 15) is 16.8 Å². The summed E-state index contributed by atoms with van der Waals surface area (Å²) in [4.78, 5) is 17.0. The molecule has 0 saturated carbocycles. The maximum atomic E-state index is 13.4. The fourth-order valence-electron chi connectivity index (χ4n) is 6.19. The van der Waals surface area contributed by atoms with Crippen LogP contribution < -0.4 is 19.7 Å². The number of nitrogens with zero attached hydrogens (tertiary/aromatic N) is 6. The van der Waals surface area contributed by atoms with Crippen LogP contribution in [0.4, 0.5) is 0 Å². The van der Waals surface area contributed by atoms with E-state index in [-0.39, 0.29) is 39.3 Å². The van der Waals surface area contributed by atoms with Gasteiger partial charge in [-0.2, -0.15) is 4.98 Å². The van der Waals surface area contributed by atoms with E-state index in [2.05, 4.69) is 42.5 Å². The lowest BCUT2D eigenvalue weighted by molar-refractivity contribution is 0.274. The average Bonchev–Trinajstić information content (AvgIpc) is 3.87. The molecule has 8 aromatic rings. The van der Waals surface area contributed by atoms with E-state index in [0.29, 0.717) is 49.2 Å². The first-order chi connectivity index (χ1) is 30.5. The lowest BCUT2D eigenvalue weighted by Crippen LogP contribution is -2.32. The second kappa shape index (κ2) is 20.2. The summed E-state index contributed by atoms with van der Waals surface area (Å²) >= 11 is 14.7. The van der Waals surface area contributed by atoms with Gasteiger partial charge in [-0.25, -0.2) is 39.7 Å². The summed E-state index contributed by atoms with van der Waals surface area (Å²) in [6.45, 7) is 3.59. The van der Waals surface area contributed by atoms with E-state index in [1.807, 2.05) is 13.8 Å². The minimum atomic E-state index is -3.91. The first-order valence-electron chi connectivity index (χ1n) is 18.7. The van der Waals surface area contributed by atoms with Crippen molar-refractivity contribution in [1.29, 1.82) is 0 Å². The van der Waals surface area contributed by atoms with Gasteiger partial charge in [0.2, 0.25) is 17.6 Å². The number of pyridine rings is 4. The smallest absolute Gasteiger partial charge is 0.481 e. The number of fused-ring (bicyclic) bond motifs is 2. The number of benzene rings is 2. The molecule has 8 rings (SSSR count). The van der Waals surface area contributed by atoms with Crippen molar-refractivity contribution in [3.63, 3.8) is 0 Å². The van der Waals surface area contributed by atoms with Gasteiger partial charge in [-0.05, 0) is 85.0 Å². The van der Waals surface area contributed by atoms with Crippen LogP contribution in [0, 0.1) is 17.4 Å². The van der Waals surface area contributed by atoms with Crippen molar-refractivity contribution in [2.75, 3.05) is 21.3 Å². The highest BCUT2D eigenvalue weighted by molar-refractivity contribution is 14.1. The Morgan fingerprint density at radius 3 is 1.66 bits per heavy atom. The lowest BCUT2D eigenvalue weighted by atomic mass is 9.81. The predicted molar refractivity (Wildman–Crippen MR) is 253 cm³/mol. The fourth-order valence-corrected chi connectivity index (χ4v) is 10.5. The summed E-state index contributed by atoms with van der Waals surface area (Å²) in [7, 11) is -4.86. The summed E-state index contributed by atoms with van der Waals surface area (Å²) in [6, 6.07) is 23.0. The van der Waals surface area contributed by atoms with Crippen molar-refractivity contribution in [1.82, 2.24) is 27.9 Å². The molecule has 0 unspecified atom stereocenters. The first-order valence-corrected chi connectivity index (χ1v) is 23.4. The molecule has 332 valence electrons. The van der Waals surface area contributed by atoms with Gasteiger partial charge in [-0.15, -0.1) is 0 Å². The second-order valence-electron chi connectivity index (χ2n) is 13.6. The number of methoxy groups -OCH3 is 3. The molecule has 0 saturated heterocycles. The van der Waals surface area contributed by atoms with Crippen molar-refractivity contribution in [2.24, 2.45) is 0 Å². The highest BCUT2D eigenvalue weighted by Crippen LogP contribution is 2.40. The topological polar surface area (TPSA) is 218 Å². The van der Waals surface area contributed by atoms with E-state index in [1.165, 1.54) is 56.0 Å². The average molecular weight is 1060 g/mol. The Bertz CT molecular complexity index is 3190. The predicted octanol–water partition coefficient (Wildman–Crippen LogP) is 6.42. The number of rotatable bonds is 10. The van der Waals surface area contributed by atoms with Crippen molar-refractivity contribution in [2.45, 2.75) is 30.2 Å². The third kappa shape index (κ3) is 9.98. The molecule has 0 spiro atoms. The Morgan fingerprint density at radius 2 is 1.16 bits per heavy atom. The highest BCUT2D eigenvalue weighted by Gasteiger charge is 2.26. The molecule has 0 fully saturated rings. The quantitative estimate of drug-likeness (QED) is 0.0996. The Balaban J connectivity index is 0.000000174. The van der Waals surface area contributed by atoms with Crippen LogP contribution >= 0.6 is 45.8 Å². The SMILES string of the molecule is COc1ccc(-c2cn(S(=O)(=O)c3ccc(C)cc3)c3nccc(Cl)c23)c(OC)n1.COc1nc(CO)ccc1B(O)O.Cc1ccc(S(=O)(=O)n2cc(I)c3c(Cl)ccnc32)cc1. The summed E-state index contributed by atoms with van der Waals surface area (Å²) < 4.78 is 70.7. The summed E-state index contributed by atoms with van der Waals surface area (Å²) in [6.07, 6.45) is 6.01. The summed E-state index contributed by atoms with van der Waals surface area (Å²) in [5, 5.41) is 28.5. The molecular formula is C42H38BCl2IN6O10S2. The zero-order valence-corrected chi connectivity index (χ0v) is 39.8. The minimum Gasteiger partial charge on any atom is -0.481 e. The lowest BCUT2D eigenvalue weighted by Gasteiger charge is -2.08. The normalized spacial score (nSPS) is 11.4. The monoisotopic (exact) mass is 1060 g/mol. The molecule has 64 heavy (non-hydrogen) atoms. The Morgan fingerprint density at radius 1 is 0.641 bits per heavy atom. The van der Waals surface area contributed by atoms with E-state index >= 15 is 0 Å². The van der Waals surface area contributed by atoms with Crippen molar-refractivity contribution in [3.8, 4) is 28.8 Å². The first kappa shape index (κ1) is 48.1. The molecular weight excluding hydrogens is 1020 g/mol. The number of aliphatic hydroxyl groups excluding tert-OH is 1. The van der Waals surface area contributed by atoms with Gasteiger partial charge in [0.05, 0.1) is 58.9 Å². The highest BCUT2D eigenvalue weighted by atomic mass is 127. The molecule has 0 amide bonds. The zero-order valence-electron chi connectivity index (χ0n) is 34.5. The van der Waals surface area contributed by atoms with Gasteiger partial charge in [-0.1, -0.05) is 64.7 Å². The van der Waals surface area contributed by atoms with Crippen LogP contribution in [0.5, 0.6) is 17.6 Å². The van der Waals surface area contributed by atoms with Crippen molar-refractivity contribution in [3.05, 3.63) is 140 Å². The van der Waals surface area contributed by atoms with Crippen LogP contribution in [-0.2, 0) is 26.7 Å². The third-order valence-electron chi connectivity index (χ3n) is 9.43. The van der Waals surface area contributed by atoms with Crippen molar-refractivity contribution < 1.29 is 46.2 Å². The fraction of sp³-hybridized carbons (Fsp3) is 0.143. The molecule has 0 radical (unpaired) electrons. The van der Waals surface area contributed by atoms with Gasteiger partial charge in [0.15, 0.2) is 11.3 Å². The number of hydrogen-bond donors (Lipinski definition) is 3. The van der Waals surface area contributed by atoms with Crippen molar-refractivity contribution >= 4 is 100 Å². The summed E-state index contributed by atoms with van der Waals surface area (Å²) in [5.74, 6) is 0.762. The van der Waals surface area contributed by atoms with Crippen LogP contribution in [0.15, 0.2) is 120 Å². The maximum absolute atomic E-state index is 13.4. The van der Waals surface area contributed by atoms with Gasteiger partial charge < -0.3 is 29.4 Å². The Kier molecular flexibility index (Phi) is 15.2. The standard InChI is InChI=1S/C21H18ClN3O4S.C14H10ClIN2O2S.C7H10BNO4/c1-13-4-6-14(7-5-13)30(26,27)25-12-16(19-17(22)10-11-23-20(19)25)15-8-9-18(28-2)24-21(15)29-3;1-9-2-4-10(5-3-9)21(19,20)18-8-12(16)13-11(15)6-7-17-14(13)18;1-13-7-6(8(11)12)3-2-5(4-10)9-7/h4-12H,1-3H3;2-8H,1H3;2-3,10-12H,4H2,1H3. The van der Waals surface area contributed by atoms with Gasteiger partial charge in [-0.3, -0.25) is 0 Å². The van der Waals surface area contributed by atoms with Gasteiger partial charge in [0.25, 0.3) is 20.0 Å². The molecule has 22 heteroatoms. The molecule has 0 aliphatic carbocycles. The van der Waals surface area contributed by atoms with Gasteiger partial charge in [0, 0.05) is 56.4 Å². The Labute approximate surface area is 392 Å². The van der Waals surface area contributed by atoms with E-state index in [1.54, 1.807) is 79.0 Å². The molecule has 0 atom stereocenters. The Hall–Kier alpha value is -5.33. The number of halogens is 3. The molecule has 0 aliphatic heterocycles. The number of hydrogen-bond acceptors (Lipinski definition) is 14. The number of aryl methyl sites for hydroxylation is 2. The van der Waals surface area contributed by atoms with Gasteiger partial charge in [0.1, 0.15) is 0 Å². The molecule has 0 bridgehead atoms. The molecule has 16 nitrogen and oxygen atoms in total. The van der Waals surface area contributed by atoms with Crippen LogP contribution in [0.1, 0.15) is 16.8 Å². The van der Waals surface area contributed by atoms with Crippen LogP contribution in [0.2, 0.25) is 10.0 Å². The molecule has 6 aromatic heterocycles. The number of ether oxygens (including phenoxy) is 3. The zero-order chi connectivity index (χ0) is 46.5. The van der Waals surface area contributed by atoms with E-state index < -0.39 is 27.2 Å². The number of aromatic nitrogens is 6. The largest absolute Gasteiger partial charge is 0.494 e. The van der Waals surface area contributed by atoms with Gasteiger partial charge >= 0.3 is 7.12 Å². The minimum absolute atomic E-state index is 0.113. The molecule has 2 aromatic carbocycles. The second-order valence-corrected chi connectivity index (χ2v) is 19.2.